The van der Waals surface area contributed by atoms with E-state index in [4.69, 9.17) is 4.74 Å². The first-order chi connectivity index (χ1) is 15.4. The molecule has 3 aromatic carbocycles. The molecule has 4 rings (SSSR count). The minimum Gasteiger partial charge on any atom is -0.496 e. The summed E-state index contributed by atoms with van der Waals surface area (Å²) in [5.41, 5.74) is 1.91. The van der Waals surface area contributed by atoms with Crippen molar-refractivity contribution in [3.63, 3.8) is 0 Å². The second-order valence-electron chi connectivity index (χ2n) is 7.60. The van der Waals surface area contributed by atoms with Crippen LogP contribution in [0.15, 0.2) is 66.7 Å². The zero-order chi connectivity index (χ0) is 22.8. The van der Waals surface area contributed by atoms with Gasteiger partial charge in [-0.25, -0.2) is 13.6 Å². The Morgan fingerprint density at radius 3 is 2.41 bits per heavy atom. The number of rotatable bonds is 5. The lowest BCUT2D eigenvalue weighted by molar-refractivity contribution is -0.141. The molecule has 1 N–H and O–H groups in total. The van der Waals surface area contributed by atoms with Gasteiger partial charge in [0.2, 0.25) is 0 Å². The number of nitrogens with zero attached hydrogens (tertiary/aromatic N) is 1. The molecule has 0 radical (unpaired) electrons. The molecular formula is C25H21F2NO4. The predicted octanol–water partition coefficient (Wildman–Crippen LogP) is 5.07. The van der Waals surface area contributed by atoms with Crippen LogP contribution in [0.4, 0.5) is 8.78 Å². The van der Waals surface area contributed by atoms with E-state index in [1.165, 1.54) is 0 Å². The van der Waals surface area contributed by atoms with E-state index >= 15 is 0 Å². The van der Waals surface area contributed by atoms with Gasteiger partial charge in [0.25, 0.3) is 5.91 Å². The largest absolute Gasteiger partial charge is 0.496 e. The number of carboxylic acids is 1. The van der Waals surface area contributed by atoms with Gasteiger partial charge in [0.15, 0.2) is 0 Å². The summed E-state index contributed by atoms with van der Waals surface area (Å²) in [4.78, 5) is 26.3. The Hall–Kier alpha value is -3.74. The molecule has 32 heavy (non-hydrogen) atoms. The number of hydrogen-bond acceptors (Lipinski definition) is 3. The van der Waals surface area contributed by atoms with Gasteiger partial charge in [-0.1, -0.05) is 30.3 Å². The molecule has 0 spiro atoms. The molecular weight excluding hydrogens is 416 g/mol. The second kappa shape index (κ2) is 8.78. The number of ether oxygens (including phenoxy) is 1. The van der Waals surface area contributed by atoms with Gasteiger partial charge in [-0.2, -0.15) is 0 Å². The van der Waals surface area contributed by atoms with Gasteiger partial charge in [-0.3, -0.25) is 4.79 Å². The summed E-state index contributed by atoms with van der Waals surface area (Å²) in [5, 5.41) is 9.64. The maximum atomic E-state index is 14.4. The third-order valence-electron chi connectivity index (χ3n) is 5.77. The number of benzene rings is 3. The number of likely N-dealkylation sites (tertiary alicyclic amines) is 1. The smallest absolute Gasteiger partial charge is 0.326 e. The fraction of sp³-hybridized carbons (Fsp3) is 0.200. The molecule has 1 amide bonds. The van der Waals surface area contributed by atoms with Crippen LogP contribution in [-0.4, -0.2) is 35.0 Å². The highest BCUT2D eigenvalue weighted by Gasteiger charge is 2.43. The van der Waals surface area contributed by atoms with Crippen molar-refractivity contribution in [1.29, 1.82) is 0 Å². The lowest BCUT2D eigenvalue weighted by Gasteiger charge is -2.29. The molecule has 2 atom stereocenters. The van der Waals surface area contributed by atoms with Crippen molar-refractivity contribution in [2.75, 3.05) is 7.11 Å². The Kier molecular flexibility index (Phi) is 5.90. The standard InChI is InChI=1S/C25H21F2NO4/c1-32-23-5-3-2-4-18(23)15-6-8-16(9-7-15)24(29)28-21(12-13-22(28)25(30)31)19-14-17(26)10-11-20(19)27/h2-11,14,21-22H,12-13H2,1H3,(H,30,31)/t21-,22+/m1/s1. The van der Waals surface area contributed by atoms with Crippen molar-refractivity contribution in [1.82, 2.24) is 4.90 Å². The average molecular weight is 437 g/mol. The molecule has 0 saturated carbocycles. The SMILES string of the molecule is COc1ccccc1-c1ccc(C(=O)N2[C@@H](c3cc(F)ccc3F)CC[C@H]2C(=O)O)cc1. The van der Waals surface area contributed by atoms with E-state index in [-0.39, 0.29) is 24.0 Å². The highest BCUT2D eigenvalue weighted by molar-refractivity contribution is 5.97. The molecule has 1 saturated heterocycles. The first-order valence-corrected chi connectivity index (χ1v) is 10.1. The number of carbonyl (C=O) groups is 2. The first kappa shape index (κ1) is 21.5. The Balaban J connectivity index is 1.68. The van der Waals surface area contributed by atoms with E-state index in [0.717, 1.165) is 34.2 Å². The number of halogens is 2. The summed E-state index contributed by atoms with van der Waals surface area (Å²) in [6, 6.07) is 15.1. The van der Waals surface area contributed by atoms with Crippen LogP contribution in [0.3, 0.4) is 0 Å². The fourth-order valence-corrected chi connectivity index (χ4v) is 4.24. The summed E-state index contributed by atoms with van der Waals surface area (Å²) >= 11 is 0. The van der Waals surface area contributed by atoms with Crippen molar-refractivity contribution in [2.24, 2.45) is 0 Å². The molecule has 5 nitrogen and oxygen atoms in total. The second-order valence-corrected chi connectivity index (χ2v) is 7.60. The highest BCUT2D eigenvalue weighted by Crippen LogP contribution is 2.39. The summed E-state index contributed by atoms with van der Waals surface area (Å²) in [7, 11) is 1.57. The molecule has 0 unspecified atom stereocenters. The maximum Gasteiger partial charge on any atom is 0.326 e. The van der Waals surface area contributed by atoms with Crippen LogP contribution in [0, 0.1) is 11.6 Å². The molecule has 1 aliphatic rings. The number of amides is 1. The molecule has 0 bridgehead atoms. The van der Waals surface area contributed by atoms with Gasteiger partial charge >= 0.3 is 5.97 Å². The molecule has 1 aliphatic heterocycles. The number of aliphatic carboxylic acids is 1. The van der Waals surface area contributed by atoms with E-state index in [9.17, 15) is 23.5 Å². The van der Waals surface area contributed by atoms with E-state index in [0.29, 0.717) is 5.75 Å². The Morgan fingerprint density at radius 2 is 1.72 bits per heavy atom. The summed E-state index contributed by atoms with van der Waals surface area (Å²) in [6.07, 6.45) is 0.378. The normalized spacial score (nSPS) is 17.9. The maximum absolute atomic E-state index is 14.4. The van der Waals surface area contributed by atoms with Gasteiger partial charge in [-0.15, -0.1) is 0 Å². The number of carboxylic acid groups (broad SMARTS) is 1. The predicted molar refractivity (Wildman–Crippen MR) is 114 cm³/mol. The number of carbonyl (C=O) groups excluding carboxylic acids is 1. The van der Waals surface area contributed by atoms with Crippen LogP contribution in [0.25, 0.3) is 11.1 Å². The number of hydrogen-bond donors (Lipinski definition) is 1. The van der Waals surface area contributed by atoms with E-state index in [2.05, 4.69) is 0 Å². The van der Waals surface area contributed by atoms with E-state index in [1.54, 1.807) is 31.4 Å². The van der Waals surface area contributed by atoms with Crippen LogP contribution in [-0.2, 0) is 4.79 Å². The molecule has 0 aliphatic carbocycles. The molecule has 164 valence electrons. The van der Waals surface area contributed by atoms with Gasteiger partial charge < -0.3 is 14.7 Å². The van der Waals surface area contributed by atoms with Crippen molar-refractivity contribution in [3.05, 3.63) is 89.5 Å². The van der Waals surface area contributed by atoms with Gasteiger partial charge in [-0.05, 0) is 54.8 Å². The van der Waals surface area contributed by atoms with Crippen LogP contribution in [0.2, 0.25) is 0 Å². The van der Waals surface area contributed by atoms with Gasteiger partial charge in [0.1, 0.15) is 23.4 Å². The summed E-state index contributed by atoms with van der Waals surface area (Å²) in [5.74, 6) is -2.36. The molecule has 1 fully saturated rings. The lowest BCUT2D eigenvalue weighted by Crippen LogP contribution is -2.42. The van der Waals surface area contributed by atoms with Crippen LogP contribution in [0.1, 0.15) is 34.8 Å². The Labute approximate surface area is 183 Å². The third-order valence-corrected chi connectivity index (χ3v) is 5.77. The monoisotopic (exact) mass is 437 g/mol. The van der Waals surface area contributed by atoms with Gasteiger partial charge in [0, 0.05) is 16.7 Å². The lowest BCUT2D eigenvalue weighted by atomic mass is 10.0. The number of methoxy groups -OCH3 is 1. The fourth-order valence-electron chi connectivity index (χ4n) is 4.24. The van der Waals surface area contributed by atoms with Crippen LogP contribution < -0.4 is 4.74 Å². The molecule has 3 aromatic rings. The van der Waals surface area contributed by atoms with Crippen LogP contribution >= 0.6 is 0 Å². The zero-order valence-corrected chi connectivity index (χ0v) is 17.3. The Bertz CT molecular complexity index is 1160. The quantitative estimate of drug-likeness (QED) is 0.605. The molecule has 7 heteroatoms. The minimum atomic E-state index is -1.18. The van der Waals surface area contributed by atoms with E-state index < -0.39 is 35.6 Å². The molecule has 1 heterocycles. The van der Waals surface area contributed by atoms with Gasteiger partial charge in [0.05, 0.1) is 13.2 Å². The number of para-hydroxylation sites is 1. The minimum absolute atomic E-state index is 0.0206. The van der Waals surface area contributed by atoms with Crippen LogP contribution in [0.5, 0.6) is 5.75 Å². The highest BCUT2D eigenvalue weighted by atomic mass is 19.1. The van der Waals surface area contributed by atoms with E-state index in [1.807, 2.05) is 24.3 Å². The third kappa shape index (κ3) is 3.93. The summed E-state index contributed by atoms with van der Waals surface area (Å²) < 4.78 is 33.6. The average Bonchev–Trinajstić information content (AvgIpc) is 3.25. The summed E-state index contributed by atoms with van der Waals surface area (Å²) in [6.45, 7) is 0. The van der Waals surface area contributed by atoms with Crippen molar-refractivity contribution in [2.45, 2.75) is 24.9 Å². The van der Waals surface area contributed by atoms with Crippen molar-refractivity contribution < 1.29 is 28.2 Å². The zero-order valence-electron chi connectivity index (χ0n) is 17.3. The topological polar surface area (TPSA) is 66.8 Å². The molecule has 0 aromatic heterocycles. The Morgan fingerprint density at radius 1 is 1.00 bits per heavy atom. The van der Waals surface area contributed by atoms with Crippen molar-refractivity contribution >= 4 is 11.9 Å². The van der Waals surface area contributed by atoms with Crippen molar-refractivity contribution in [3.8, 4) is 16.9 Å². The first-order valence-electron chi connectivity index (χ1n) is 10.1.